The topological polar surface area (TPSA) is 29.5 Å². The molecule has 19 heavy (non-hydrogen) atoms. The first-order chi connectivity index (χ1) is 9.28. The molecule has 4 heteroatoms. The van der Waals surface area contributed by atoms with E-state index in [2.05, 4.69) is 40.2 Å². The van der Waals surface area contributed by atoms with Gasteiger partial charge in [0.25, 0.3) is 0 Å². The number of nitrogens with zero attached hydrogens (tertiary/aromatic N) is 1. The van der Waals surface area contributed by atoms with Crippen molar-refractivity contribution in [1.82, 2.24) is 4.90 Å². The van der Waals surface area contributed by atoms with E-state index in [1.54, 1.807) is 0 Å². The van der Waals surface area contributed by atoms with Crippen LogP contribution in [0.1, 0.15) is 11.1 Å². The van der Waals surface area contributed by atoms with E-state index in [1.807, 2.05) is 4.90 Å². The molecule has 1 fully saturated rings. The van der Waals surface area contributed by atoms with Crippen LogP contribution in [-0.4, -0.2) is 41.9 Å². The molecule has 1 aromatic carbocycles. The lowest BCUT2D eigenvalue weighted by Gasteiger charge is -2.33. The number of alkyl halides is 1. The number of amides is 1. The Labute approximate surface area is 122 Å². The quantitative estimate of drug-likeness (QED) is 0.779. The van der Waals surface area contributed by atoms with E-state index < -0.39 is 0 Å². The summed E-state index contributed by atoms with van der Waals surface area (Å²) in [6.45, 7) is 2.10. The maximum absolute atomic E-state index is 12.6. The van der Waals surface area contributed by atoms with Crippen LogP contribution in [0.25, 0.3) is 0 Å². The molecule has 1 aliphatic carbocycles. The largest absolute Gasteiger partial charge is 0.374 e. The first-order valence-corrected chi connectivity index (χ1v) is 7.93. The van der Waals surface area contributed by atoms with Gasteiger partial charge in [-0.1, -0.05) is 40.2 Å². The Bertz CT molecular complexity index is 452. The molecule has 1 unspecified atom stereocenters. The number of carbonyl (C=O) groups is 1. The number of morpholine rings is 1. The molecular weight excluding hydrogens is 306 g/mol. The maximum Gasteiger partial charge on any atom is 0.226 e. The maximum atomic E-state index is 12.6. The molecule has 0 saturated carbocycles. The van der Waals surface area contributed by atoms with Crippen LogP contribution in [0.5, 0.6) is 0 Å². The normalized spacial score (nSPS) is 23.4. The molecule has 0 N–H and O–H groups in total. The van der Waals surface area contributed by atoms with Gasteiger partial charge in [-0.15, -0.1) is 0 Å². The molecule has 1 heterocycles. The van der Waals surface area contributed by atoms with Crippen LogP contribution < -0.4 is 0 Å². The van der Waals surface area contributed by atoms with E-state index in [0.717, 1.165) is 31.3 Å². The summed E-state index contributed by atoms with van der Waals surface area (Å²) in [5.41, 5.74) is 2.68. The van der Waals surface area contributed by atoms with Gasteiger partial charge in [0.1, 0.15) is 0 Å². The van der Waals surface area contributed by atoms with Crippen molar-refractivity contribution in [3.63, 3.8) is 0 Å². The zero-order valence-electron chi connectivity index (χ0n) is 10.8. The highest BCUT2D eigenvalue weighted by Crippen LogP contribution is 2.28. The van der Waals surface area contributed by atoms with E-state index >= 15 is 0 Å². The van der Waals surface area contributed by atoms with Crippen molar-refractivity contribution >= 4 is 21.8 Å². The van der Waals surface area contributed by atoms with E-state index in [0.29, 0.717) is 12.5 Å². The van der Waals surface area contributed by atoms with E-state index in [4.69, 9.17) is 4.74 Å². The predicted molar refractivity (Wildman–Crippen MR) is 77.5 cm³/mol. The van der Waals surface area contributed by atoms with E-state index in [1.165, 1.54) is 11.1 Å². The molecule has 1 atom stereocenters. The van der Waals surface area contributed by atoms with Gasteiger partial charge < -0.3 is 9.64 Å². The second kappa shape index (κ2) is 5.63. The Hall–Kier alpha value is -0.870. The third-order valence-corrected chi connectivity index (χ3v) is 4.74. The fourth-order valence-electron chi connectivity index (χ4n) is 3.00. The molecular formula is C15H18BrNO2. The lowest BCUT2D eigenvalue weighted by molar-refractivity contribution is -0.142. The summed E-state index contributed by atoms with van der Waals surface area (Å²) in [6.07, 6.45) is 1.93. The predicted octanol–water partition coefficient (Wildman–Crippen LogP) is 2.02. The van der Waals surface area contributed by atoms with Crippen molar-refractivity contribution in [2.75, 3.05) is 25.0 Å². The Morgan fingerprint density at radius 1 is 1.32 bits per heavy atom. The highest BCUT2D eigenvalue weighted by molar-refractivity contribution is 9.09. The lowest BCUT2D eigenvalue weighted by Crippen LogP contribution is -2.48. The van der Waals surface area contributed by atoms with Gasteiger partial charge in [-0.2, -0.15) is 0 Å². The molecule has 1 saturated heterocycles. The third kappa shape index (κ3) is 2.70. The number of hydrogen-bond donors (Lipinski definition) is 0. The average molecular weight is 324 g/mol. The first kappa shape index (κ1) is 13.1. The Balaban J connectivity index is 1.66. The van der Waals surface area contributed by atoms with Crippen LogP contribution in [0, 0.1) is 5.92 Å². The van der Waals surface area contributed by atoms with Crippen molar-refractivity contribution in [2.24, 2.45) is 5.92 Å². The average Bonchev–Trinajstić information content (AvgIpc) is 2.90. The second-order valence-electron chi connectivity index (χ2n) is 5.31. The zero-order valence-corrected chi connectivity index (χ0v) is 12.4. The second-order valence-corrected chi connectivity index (χ2v) is 5.95. The van der Waals surface area contributed by atoms with Crippen LogP contribution in [0.3, 0.4) is 0 Å². The molecule has 0 bridgehead atoms. The molecule has 1 amide bonds. The van der Waals surface area contributed by atoms with Crippen LogP contribution in [-0.2, 0) is 22.4 Å². The molecule has 3 rings (SSSR count). The SMILES string of the molecule is O=C(C1Cc2ccccc2C1)N1CCOC(CBr)C1. The van der Waals surface area contributed by atoms with Crippen molar-refractivity contribution in [2.45, 2.75) is 18.9 Å². The van der Waals surface area contributed by atoms with Crippen molar-refractivity contribution in [3.05, 3.63) is 35.4 Å². The van der Waals surface area contributed by atoms with Crippen molar-refractivity contribution in [1.29, 1.82) is 0 Å². The Morgan fingerprint density at radius 2 is 2.00 bits per heavy atom. The van der Waals surface area contributed by atoms with Gasteiger partial charge in [0, 0.05) is 24.3 Å². The molecule has 0 spiro atoms. The van der Waals surface area contributed by atoms with Crippen LogP contribution >= 0.6 is 15.9 Å². The number of ether oxygens (including phenoxy) is 1. The molecule has 102 valence electrons. The molecule has 2 aliphatic rings. The van der Waals surface area contributed by atoms with Crippen molar-refractivity contribution in [3.8, 4) is 0 Å². The summed E-state index contributed by atoms with van der Waals surface area (Å²) in [5, 5.41) is 0.793. The molecule has 3 nitrogen and oxygen atoms in total. The van der Waals surface area contributed by atoms with E-state index in [9.17, 15) is 4.79 Å². The van der Waals surface area contributed by atoms with Crippen LogP contribution in [0.4, 0.5) is 0 Å². The van der Waals surface area contributed by atoms with E-state index in [-0.39, 0.29) is 12.0 Å². The van der Waals surface area contributed by atoms with Gasteiger partial charge in [0.2, 0.25) is 5.91 Å². The number of rotatable bonds is 2. The van der Waals surface area contributed by atoms with Gasteiger partial charge in [0.15, 0.2) is 0 Å². The summed E-state index contributed by atoms with van der Waals surface area (Å²) < 4.78 is 5.59. The van der Waals surface area contributed by atoms with Crippen LogP contribution in [0.2, 0.25) is 0 Å². The van der Waals surface area contributed by atoms with Gasteiger partial charge in [-0.05, 0) is 24.0 Å². The molecule has 0 aromatic heterocycles. The fraction of sp³-hybridized carbons (Fsp3) is 0.533. The number of halogens is 1. The molecule has 0 radical (unpaired) electrons. The smallest absolute Gasteiger partial charge is 0.226 e. The highest BCUT2D eigenvalue weighted by Gasteiger charge is 2.32. The number of fused-ring (bicyclic) bond motifs is 1. The Morgan fingerprint density at radius 3 is 2.63 bits per heavy atom. The Kier molecular flexibility index (Phi) is 3.89. The highest BCUT2D eigenvalue weighted by atomic mass is 79.9. The standard InChI is InChI=1S/C15H18BrNO2/c16-9-14-10-17(5-6-19-14)15(18)13-7-11-3-1-2-4-12(11)8-13/h1-4,13-14H,5-10H2. The minimum absolute atomic E-state index is 0.131. The fourth-order valence-corrected chi connectivity index (χ4v) is 3.40. The summed E-state index contributed by atoms with van der Waals surface area (Å²) in [5.74, 6) is 0.428. The first-order valence-electron chi connectivity index (χ1n) is 6.81. The third-order valence-electron chi connectivity index (χ3n) is 4.02. The van der Waals surface area contributed by atoms with Gasteiger partial charge in [-0.25, -0.2) is 0 Å². The van der Waals surface area contributed by atoms with Crippen molar-refractivity contribution < 1.29 is 9.53 Å². The summed E-state index contributed by atoms with van der Waals surface area (Å²) in [4.78, 5) is 14.6. The summed E-state index contributed by atoms with van der Waals surface area (Å²) in [6, 6.07) is 8.40. The zero-order chi connectivity index (χ0) is 13.2. The molecule has 1 aromatic rings. The summed E-state index contributed by atoms with van der Waals surface area (Å²) >= 11 is 3.43. The van der Waals surface area contributed by atoms with Gasteiger partial charge >= 0.3 is 0 Å². The number of hydrogen-bond acceptors (Lipinski definition) is 2. The lowest BCUT2D eigenvalue weighted by atomic mass is 10.0. The van der Waals surface area contributed by atoms with Gasteiger partial charge in [0.05, 0.1) is 12.7 Å². The van der Waals surface area contributed by atoms with Gasteiger partial charge in [-0.3, -0.25) is 4.79 Å². The summed E-state index contributed by atoms with van der Waals surface area (Å²) in [7, 11) is 0. The number of benzene rings is 1. The monoisotopic (exact) mass is 323 g/mol. The minimum atomic E-state index is 0.131. The van der Waals surface area contributed by atoms with Crippen LogP contribution in [0.15, 0.2) is 24.3 Å². The molecule has 1 aliphatic heterocycles. The number of carbonyl (C=O) groups excluding carboxylic acids is 1. The minimum Gasteiger partial charge on any atom is -0.374 e.